The first kappa shape index (κ1) is 20.6. The quantitative estimate of drug-likeness (QED) is 0.364. The number of urea groups is 1. The van der Waals surface area contributed by atoms with E-state index in [2.05, 4.69) is 48.8 Å². The molecule has 0 aliphatic rings. The molecule has 0 bridgehead atoms. The van der Waals surface area contributed by atoms with E-state index in [9.17, 15) is 9.59 Å². The van der Waals surface area contributed by atoms with Gasteiger partial charge < -0.3 is 16.0 Å². The fourth-order valence-corrected chi connectivity index (χ4v) is 2.90. The zero-order chi connectivity index (χ0) is 20.6. The monoisotopic (exact) mass is 501 g/mol. The van der Waals surface area contributed by atoms with Crippen LogP contribution in [0.5, 0.6) is 0 Å². The van der Waals surface area contributed by atoms with Crippen molar-refractivity contribution in [3.8, 4) is 0 Å². The van der Waals surface area contributed by atoms with E-state index in [1.807, 2.05) is 61.5 Å². The van der Waals surface area contributed by atoms with Gasteiger partial charge in [0.2, 0.25) is 0 Å². The molecule has 0 saturated heterocycles. The average Bonchev–Trinajstić information content (AvgIpc) is 2.71. The van der Waals surface area contributed by atoms with Gasteiger partial charge in [0, 0.05) is 33.8 Å². The Balaban J connectivity index is 1.88. The largest absolute Gasteiger partial charge is 0.355 e. The number of aromatic nitrogens is 1. The standard InChI is InChI=1S/C21H20IN5O2/c1-2-23-21(29)27-19-12-18(25-15-6-4-3-5-7-15)17(13-24-19)20(28)26-16-10-8-14(22)9-11-16/h3-13H,2H2,1H3,(H,26,28)(H3,23,24,25,27,29). The van der Waals surface area contributed by atoms with Crippen LogP contribution in [-0.2, 0) is 0 Å². The molecule has 7 nitrogen and oxygen atoms in total. The minimum absolute atomic E-state index is 0.304. The van der Waals surface area contributed by atoms with Crippen LogP contribution in [0.1, 0.15) is 17.3 Å². The molecule has 0 saturated carbocycles. The highest BCUT2D eigenvalue weighted by atomic mass is 127. The van der Waals surface area contributed by atoms with Crippen molar-refractivity contribution in [2.45, 2.75) is 6.92 Å². The SMILES string of the molecule is CCNC(=O)Nc1cc(Nc2ccccc2)c(C(=O)Nc2ccc(I)cc2)cn1. The molecule has 1 aromatic heterocycles. The molecule has 0 spiro atoms. The van der Waals surface area contributed by atoms with Crippen LogP contribution in [0, 0.1) is 3.57 Å². The number of benzene rings is 2. The van der Waals surface area contributed by atoms with Gasteiger partial charge in [-0.1, -0.05) is 18.2 Å². The first-order valence-electron chi connectivity index (χ1n) is 8.99. The molecule has 2 aromatic carbocycles. The lowest BCUT2D eigenvalue weighted by atomic mass is 10.2. The second-order valence-corrected chi connectivity index (χ2v) is 7.30. The highest BCUT2D eigenvalue weighted by molar-refractivity contribution is 14.1. The topological polar surface area (TPSA) is 95.2 Å². The Labute approximate surface area is 182 Å². The van der Waals surface area contributed by atoms with E-state index in [0.717, 1.165) is 9.26 Å². The summed E-state index contributed by atoms with van der Waals surface area (Å²) < 4.78 is 1.08. The second kappa shape index (κ2) is 9.87. The van der Waals surface area contributed by atoms with Crippen molar-refractivity contribution in [1.82, 2.24) is 10.3 Å². The van der Waals surface area contributed by atoms with E-state index in [-0.39, 0.29) is 11.9 Å². The van der Waals surface area contributed by atoms with Crippen LogP contribution >= 0.6 is 22.6 Å². The smallest absolute Gasteiger partial charge is 0.320 e. The van der Waals surface area contributed by atoms with Crippen LogP contribution in [0.15, 0.2) is 66.9 Å². The van der Waals surface area contributed by atoms with E-state index in [4.69, 9.17) is 0 Å². The number of hydrogen-bond donors (Lipinski definition) is 4. The molecule has 4 N–H and O–H groups in total. The Morgan fingerprint density at radius 3 is 2.38 bits per heavy atom. The van der Waals surface area contributed by atoms with E-state index in [1.165, 1.54) is 6.20 Å². The maximum absolute atomic E-state index is 12.9. The molecule has 0 radical (unpaired) electrons. The summed E-state index contributed by atoms with van der Waals surface area (Å²) in [7, 11) is 0. The van der Waals surface area contributed by atoms with Crippen molar-refractivity contribution in [2.24, 2.45) is 0 Å². The van der Waals surface area contributed by atoms with Crippen LogP contribution in [0.3, 0.4) is 0 Å². The first-order valence-corrected chi connectivity index (χ1v) is 10.1. The van der Waals surface area contributed by atoms with Gasteiger partial charge in [0.25, 0.3) is 5.91 Å². The van der Waals surface area contributed by atoms with Crippen LogP contribution in [-0.4, -0.2) is 23.5 Å². The van der Waals surface area contributed by atoms with Gasteiger partial charge in [0.1, 0.15) is 5.82 Å². The summed E-state index contributed by atoms with van der Waals surface area (Å²) in [6.07, 6.45) is 1.44. The average molecular weight is 501 g/mol. The highest BCUT2D eigenvalue weighted by Crippen LogP contribution is 2.24. The summed E-state index contributed by atoms with van der Waals surface area (Å²) in [5.74, 6) is 0.0295. The third-order valence-corrected chi connectivity index (χ3v) is 4.60. The number of halogens is 1. The Hall–Kier alpha value is -3.14. The maximum Gasteiger partial charge on any atom is 0.320 e. The Morgan fingerprint density at radius 1 is 0.966 bits per heavy atom. The Kier molecular flexibility index (Phi) is 7.01. The fraction of sp³-hybridized carbons (Fsp3) is 0.0952. The van der Waals surface area contributed by atoms with Gasteiger partial charge in [-0.05, 0) is 65.9 Å². The van der Waals surface area contributed by atoms with E-state index in [1.54, 1.807) is 6.07 Å². The number of carbonyl (C=O) groups is 2. The van der Waals surface area contributed by atoms with Gasteiger partial charge in [0.05, 0.1) is 11.3 Å². The summed E-state index contributed by atoms with van der Waals surface area (Å²) in [5, 5.41) is 11.4. The zero-order valence-corrected chi connectivity index (χ0v) is 17.9. The number of rotatable bonds is 6. The predicted molar refractivity (Wildman–Crippen MR) is 124 cm³/mol. The van der Waals surface area contributed by atoms with Crippen molar-refractivity contribution in [2.75, 3.05) is 22.5 Å². The van der Waals surface area contributed by atoms with Crippen molar-refractivity contribution in [1.29, 1.82) is 0 Å². The number of carbonyl (C=O) groups excluding carboxylic acids is 2. The second-order valence-electron chi connectivity index (χ2n) is 6.05. The molecule has 148 valence electrons. The number of para-hydroxylation sites is 1. The molecule has 1 heterocycles. The number of hydrogen-bond acceptors (Lipinski definition) is 4. The fourth-order valence-electron chi connectivity index (χ4n) is 2.54. The molecular formula is C21H20IN5O2. The summed E-state index contributed by atoms with van der Waals surface area (Å²) in [6, 6.07) is 18.2. The molecule has 3 aromatic rings. The van der Waals surface area contributed by atoms with E-state index >= 15 is 0 Å². The number of amides is 3. The number of pyridine rings is 1. The maximum atomic E-state index is 12.9. The molecule has 0 aliphatic heterocycles. The lowest BCUT2D eigenvalue weighted by Crippen LogP contribution is -2.28. The number of anilines is 4. The zero-order valence-electron chi connectivity index (χ0n) is 15.7. The van der Waals surface area contributed by atoms with Gasteiger partial charge in [0.15, 0.2) is 0 Å². The molecule has 0 atom stereocenters. The summed E-state index contributed by atoms with van der Waals surface area (Å²) in [5.41, 5.74) is 2.38. The molecule has 0 fully saturated rings. The summed E-state index contributed by atoms with van der Waals surface area (Å²) in [6.45, 7) is 2.32. The summed E-state index contributed by atoms with van der Waals surface area (Å²) >= 11 is 2.21. The summed E-state index contributed by atoms with van der Waals surface area (Å²) in [4.78, 5) is 28.9. The van der Waals surface area contributed by atoms with Gasteiger partial charge >= 0.3 is 6.03 Å². The molecule has 3 rings (SSSR count). The van der Waals surface area contributed by atoms with Crippen molar-refractivity contribution in [3.05, 3.63) is 76.0 Å². The first-order chi connectivity index (χ1) is 14.0. The predicted octanol–water partition coefficient (Wildman–Crippen LogP) is 4.82. The van der Waals surface area contributed by atoms with Crippen molar-refractivity contribution < 1.29 is 9.59 Å². The minimum atomic E-state index is -0.359. The Bertz CT molecular complexity index is 994. The normalized spacial score (nSPS) is 10.1. The van der Waals surface area contributed by atoms with Crippen molar-refractivity contribution >= 4 is 57.4 Å². The third kappa shape index (κ3) is 5.92. The van der Waals surface area contributed by atoms with E-state index in [0.29, 0.717) is 29.3 Å². The van der Waals surface area contributed by atoms with Crippen LogP contribution in [0.2, 0.25) is 0 Å². The van der Waals surface area contributed by atoms with Crippen molar-refractivity contribution in [3.63, 3.8) is 0 Å². The molecule has 8 heteroatoms. The lowest BCUT2D eigenvalue weighted by molar-refractivity contribution is 0.102. The van der Waals surface area contributed by atoms with Crippen LogP contribution < -0.4 is 21.3 Å². The minimum Gasteiger partial charge on any atom is -0.355 e. The third-order valence-electron chi connectivity index (χ3n) is 3.88. The molecule has 29 heavy (non-hydrogen) atoms. The molecular weight excluding hydrogens is 481 g/mol. The number of nitrogens with zero attached hydrogens (tertiary/aromatic N) is 1. The molecule has 0 aliphatic carbocycles. The highest BCUT2D eigenvalue weighted by Gasteiger charge is 2.15. The van der Waals surface area contributed by atoms with Gasteiger partial charge in [-0.3, -0.25) is 10.1 Å². The lowest BCUT2D eigenvalue weighted by Gasteiger charge is -2.14. The van der Waals surface area contributed by atoms with Gasteiger partial charge in [-0.15, -0.1) is 0 Å². The van der Waals surface area contributed by atoms with Gasteiger partial charge in [-0.2, -0.15) is 0 Å². The molecule has 3 amide bonds. The van der Waals surface area contributed by atoms with Crippen LogP contribution in [0.4, 0.5) is 27.7 Å². The van der Waals surface area contributed by atoms with E-state index < -0.39 is 0 Å². The molecule has 0 unspecified atom stereocenters. The number of nitrogens with one attached hydrogen (secondary N) is 4. The van der Waals surface area contributed by atoms with Gasteiger partial charge in [-0.25, -0.2) is 9.78 Å². The van der Waals surface area contributed by atoms with Crippen LogP contribution in [0.25, 0.3) is 0 Å². The Morgan fingerprint density at radius 2 is 1.69 bits per heavy atom.